The lowest BCUT2D eigenvalue weighted by Gasteiger charge is -2.19. The molecule has 3 nitrogen and oxygen atoms in total. The second-order valence-corrected chi connectivity index (χ2v) is 4.92. The van der Waals surface area contributed by atoms with Gasteiger partial charge in [-0.25, -0.2) is 0 Å². The molecule has 0 amide bonds. The van der Waals surface area contributed by atoms with Crippen molar-refractivity contribution >= 4 is 28.2 Å². The summed E-state index contributed by atoms with van der Waals surface area (Å²) in [6, 6.07) is 8.17. The molecule has 1 saturated heterocycles. The normalized spacial score (nSPS) is 20.1. The molecular formula is C13H14ClN3. The molecule has 1 fully saturated rings. The second kappa shape index (κ2) is 4.17. The zero-order chi connectivity index (χ0) is 11.8. The number of aromatic nitrogens is 1. The van der Waals surface area contributed by atoms with Crippen molar-refractivity contribution < 1.29 is 0 Å². The number of rotatable bonds is 1. The first-order valence-corrected chi connectivity index (χ1v) is 6.16. The summed E-state index contributed by atoms with van der Waals surface area (Å²) in [5.41, 5.74) is 8.10. The Bertz CT molecular complexity index is 555. The van der Waals surface area contributed by atoms with Crippen LogP contribution in [0.15, 0.2) is 30.5 Å². The van der Waals surface area contributed by atoms with Gasteiger partial charge in [0.15, 0.2) is 0 Å². The molecule has 0 saturated carbocycles. The predicted octanol–water partition coefficient (Wildman–Crippen LogP) is 2.43. The van der Waals surface area contributed by atoms with E-state index in [9.17, 15) is 0 Å². The van der Waals surface area contributed by atoms with Gasteiger partial charge in [-0.15, -0.1) is 0 Å². The summed E-state index contributed by atoms with van der Waals surface area (Å²) in [4.78, 5) is 6.67. The minimum Gasteiger partial charge on any atom is -0.369 e. The minimum absolute atomic E-state index is 0.283. The molecule has 0 bridgehead atoms. The quantitative estimate of drug-likeness (QED) is 0.842. The molecule has 17 heavy (non-hydrogen) atoms. The average molecular weight is 248 g/mol. The number of anilines is 1. The van der Waals surface area contributed by atoms with Gasteiger partial charge >= 0.3 is 0 Å². The number of nitrogens with two attached hydrogens (primary N) is 1. The van der Waals surface area contributed by atoms with Crippen LogP contribution in [0.1, 0.15) is 6.42 Å². The van der Waals surface area contributed by atoms with Crippen molar-refractivity contribution in [1.82, 2.24) is 4.98 Å². The second-order valence-electron chi connectivity index (χ2n) is 4.49. The number of pyridine rings is 1. The number of benzene rings is 1. The van der Waals surface area contributed by atoms with E-state index >= 15 is 0 Å². The molecule has 88 valence electrons. The van der Waals surface area contributed by atoms with Gasteiger partial charge in [0.1, 0.15) is 0 Å². The summed E-state index contributed by atoms with van der Waals surface area (Å²) >= 11 is 5.98. The maximum Gasteiger partial charge on any atom is 0.0737 e. The van der Waals surface area contributed by atoms with Crippen LogP contribution in [0.4, 0.5) is 5.69 Å². The van der Waals surface area contributed by atoms with Gasteiger partial charge in [-0.05, 0) is 30.7 Å². The van der Waals surface area contributed by atoms with Gasteiger partial charge < -0.3 is 10.6 Å². The van der Waals surface area contributed by atoms with Crippen molar-refractivity contribution in [3.05, 3.63) is 35.5 Å². The summed E-state index contributed by atoms with van der Waals surface area (Å²) in [6.07, 6.45) is 2.88. The molecule has 4 heteroatoms. The van der Waals surface area contributed by atoms with Gasteiger partial charge in [0, 0.05) is 41.4 Å². The number of nitrogens with zero attached hydrogens (tertiary/aromatic N) is 2. The third-order valence-corrected chi connectivity index (χ3v) is 3.48. The Morgan fingerprint density at radius 2 is 2.24 bits per heavy atom. The lowest BCUT2D eigenvalue weighted by molar-refractivity contribution is 0.752. The molecule has 1 aliphatic heterocycles. The van der Waals surface area contributed by atoms with Crippen molar-refractivity contribution in [2.75, 3.05) is 18.0 Å². The topological polar surface area (TPSA) is 42.1 Å². The van der Waals surface area contributed by atoms with Crippen molar-refractivity contribution in [3.63, 3.8) is 0 Å². The van der Waals surface area contributed by atoms with Gasteiger partial charge in [-0.3, -0.25) is 4.98 Å². The van der Waals surface area contributed by atoms with Crippen molar-refractivity contribution in [2.45, 2.75) is 12.5 Å². The van der Waals surface area contributed by atoms with Crippen LogP contribution in [-0.4, -0.2) is 24.1 Å². The Balaban J connectivity index is 2.10. The van der Waals surface area contributed by atoms with Crippen LogP contribution in [0.3, 0.4) is 0 Å². The van der Waals surface area contributed by atoms with E-state index in [4.69, 9.17) is 17.3 Å². The van der Waals surface area contributed by atoms with Crippen LogP contribution in [0.5, 0.6) is 0 Å². The first-order valence-electron chi connectivity index (χ1n) is 5.79. The maximum absolute atomic E-state index is 5.98. The Morgan fingerprint density at radius 1 is 1.35 bits per heavy atom. The Kier molecular flexibility index (Phi) is 2.65. The van der Waals surface area contributed by atoms with Gasteiger partial charge in [-0.2, -0.15) is 0 Å². The zero-order valence-electron chi connectivity index (χ0n) is 9.44. The van der Waals surface area contributed by atoms with Crippen LogP contribution in [0.2, 0.25) is 5.02 Å². The van der Waals surface area contributed by atoms with Crippen molar-refractivity contribution in [2.24, 2.45) is 5.73 Å². The maximum atomic E-state index is 5.98. The number of hydrogen-bond donors (Lipinski definition) is 1. The summed E-state index contributed by atoms with van der Waals surface area (Å²) in [5.74, 6) is 0. The predicted molar refractivity (Wildman–Crippen MR) is 71.6 cm³/mol. The molecular weight excluding hydrogens is 234 g/mol. The first-order chi connectivity index (χ1) is 8.24. The molecule has 1 aliphatic rings. The molecule has 0 radical (unpaired) electrons. The number of hydrogen-bond acceptors (Lipinski definition) is 3. The van der Waals surface area contributed by atoms with Gasteiger partial charge in [0.2, 0.25) is 0 Å². The monoisotopic (exact) mass is 247 g/mol. The van der Waals surface area contributed by atoms with E-state index < -0.39 is 0 Å². The number of fused-ring (bicyclic) bond motifs is 1. The average Bonchev–Trinajstić information content (AvgIpc) is 2.74. The Hall–Kier alpha value is -1.32. The van der Waals surface area contributed by atoms with E-state index in [0.717, 1.165) is 35.4 Å². The molecule has 1 atom stereocenters. The summed E-state index contributed by atoms with van der Waals surface area (Å²) in [6.45, 7) is 1.94. The fraction of sp³-hybridized carbons (Fsp3) is 0.308. The summed E-state index contributed by atoms with van der Waals surface area (Å²) < 4.78 is 0. The molecule has 1 aromatic carbocycles. The van der Waals surface area contributed by atoms with E-state index in [-0.39, 0.29) is 6.04 Å². The highest BCUT2D eigenvalue weighted by molar-refractivity contribution is 6.31. The number of halogens is 1. The van der Waals surface area contributed by atoms with Crippen molar-refractivity contribution in [3.8, 4) is 0 Å². The van der Waals surface area contributed by atoms with E-state index in [0.29, 0.717) is 0 Å². The Morgan fingerprint density at radius 3 is 3.00 bits per heavy atom. The minimum atomic E-state index is 0.283. The fourth-order valence-electron chi connectivity index (χ4n) is 2.39. The SMILES string of the molecule is NC1CCN(c2ccnc3cc(Cl)ccc23)C1. The van der Waals surface area contributed by atoms with E-state index in [2.05, 4.69) is 9.88 Å². The molecule has 2 aromatic rings. The summed E-state index contributed by atoms with van der Waals surface area (Å²) in [5, 5.41) is 1.87. The molecule has 0 aliphatic carbocycles. The molecule has 1 aromatic heterocycles. The molecule has 0 spiro atoms. The first kappa shape index (κ1) is 10.8. The smallest absolute Gasteiger partial charge is 0.0737 e. The molecule has 1 unspecified atom stereocenters. The zero-order valence-corrected chi connectivity index (χ0v) is 10.2. The fourth-order valence-corrected chi connectivity index (χ4v) is 2.55. The largest absolute Gasteiger partial charge is 0.369 e. The van der Waals surface area contributed by atoms with E-state index in [1.54, 1.807) is 0 Å². The van der Waals surface area contributed by atoms with Crippen LogP contribution >= 0.6 is 11.6 Å². The third-order valence-electron chi connectivity index (χ3n) is 3.25. The van der Waals surface area contributed by atoms with Crippen LogP contribution < -0.4 is 10.6 Å². The van der Waals surface area contributed by atoms with E-state index in [1.807, 2.05) is 30.5 Å². The van der Waals surface area contributed by atoms with Crippen LogP contribution in [0, 0.1) is 0 Å². The Labute approximate surface area is 105 Å². The molecule has 3 rings (SSSR count). The lowest BCUT2D eigenvalue weighted by Crippen LogP contribution is -2.26. The van der Waals surface area contributed by atoms with E-state index in [1.165, 1.54) is 5.69 Å². The molecule has 2 heterocycles. The summed E-state index contributed by atoms with van der Waals surface area (Å²) in [7, 11) is 0. The highest BCUT2D eigenvalue weighted by Crippen LogP contribution is 2.29. The van der Waals surface area contributed by atoms with Gasteiger partial charge in [0.05, 0.1) is 5.52 Å². The standard InChI is InChI=1S/C13H14ClN3/c14-9-1-2-11-12(7-9)16-5-3-13(11)17-6-4-10(15)8-17/h1-3,5,7,10H,4,6,8,15H2. The molecule has 2 N–H and O–H groups in total. The van der Waals surface area contributed by atoms with Crippen molar-refractivity contribution in [1.29, 1.82) is 0 Å². The van der Waals surface area contributed by atoms with Gasteiger partial charge in [0.25, 0.3) is 0 Å². The highest BCUT2D eigenvalue weighted by atomic mass is 35.5. The lowest BCUT2D eigenvalue weighted by atomic mass is 10.2. The van der Waals surface area contributed by atoms with Gasteiger partial charge in [-0.1, -0.05) is 11.6 Å². The highest BCUT2D eigenvalue weighted by Gasteiger charge is 2.20. The third kappa shape index (κ3) is 1.96. The van der Waals surface area contributed by atoms with Crippen LogP contribution in [0.25, 0.3) is 10.9 Å². The van der Waals surface area contributed by atoms with Crippen LogP contribution in [-0.2, 0) is 0 Å².